The van der Waals surface area contributed by atoms with E-state index < -0.39 is 0 Å². The lowest BCUT2D eigenvalue weighted by Gasteiger charge is -2.32. The molecule has 0 spiro atoms. The van der Waals surface area contributed by atoms with Crippen LogP contribution in [0.4, 0.5) is 0 Å². The van der Waals surface area contributed by atoms with Gasteiger partial charge in [-0.2, -0.15) is 0 Å². The third-order valence-electron chi connectivity index (χ3n) is 4.64. The normalized spacial score (nSPS) is 26.5. The predicted octanol–water partition coefficient (Wildman–Crippen LogP) is 2.39. The minimum atomic E-state index is 0.145. The van der Waals surface area contributed by atoms with Crippen LogP contribution in [0, 0.1) is 5.92 Å². The minimum Gasteiger partial charge on any atom is -0.379 e. The Kier molecular flexibility index (Phi) is 5.16. The van der Waals surface area contributed by atoms with Crippen LogP contribution in [0.15, 0.2) is 28.7 Å². The Bertz CT molecular complexity index is 531. The highest BCUT2D eigenvalue weighted by atomic mass is 79.9. The quantitative estimate of drug-likeness (QED) is 0.869. The van der Waals surface area contributed by atoms with Gasteiger partial charge in [0.1, 0.15) is 0 Å². The second-order valence-electron chi connectivity index (χ2n) is 6.25. The van der Waals surface area contributed by atoms with E-state index in [0.29, 0.717) is 12.0 Å². The van der Waals surface area contributed by atoms with Gasteiger partial charge >= 0.3 is 0 Å². The van der Waals surface area contributed by atoms with Gasteiger partial charge in [-0.15, -0.1) is 0 Å². The van der Waals surface area contributed by atoms with Gasteiger partial charge in [0.05, 0.1) is 13.2 Å². The highest BCUT2D eigenvalue weighted by Gasteiger charge is 2.43. The summed E-state index contributed by atoms with van der Waals surface area (Å²) in [6.07, 6.45) is 0.966. The number of halogens is 1. The molecule has 1 saturated carbocycles. The Morgan fingerprint density at radius 2 is 2.23 bits per heavy atom. The smallest absolute Gasteiger partial charge is 0.223 e. The molecule has 0 radical (unpaired) electrons. The molecular formula is C17H23BrN2O2. The minimum absolute atomic E-state index is 0.145. The van der Waals surface area contributed by atoms with Crippen LogP contribution >= 0.6 is 15.9 Å². The molecule has 0 bridgehead atoms. The highest BCUT2D eigenvalue weighted by Crippen LogP contribution is 2.47. The fourth-order valence-corrected chi connectivity index (χ4v) is 3.53. The van der Waals surface area contributed by atoms with E-state index in [1.807, 2.05) is 12.1 Å². The Labute approximate surface area is 140 Å². The molecular weight excluding hydrogens is 344 g/mol. The zero-order chi connectivity index (χ0) is 15.5. The number of hydrogen-bond acceptors (Lipinski definition) is 3. The number of rotatable bonds is 5. The molecule has 0 aromatic heterocycles. The average Bonchev–Trinajstić information content (AvgIpc) is 3.34. The lowest BCUT2D eigenvalue weighted by Crippen LogP contribution is -2.47. The summed E-state index contributed by atoms with van der Waals surface area (Å²) < 4.78 is 6.44. The first-order valence-corrected chi connectivity index (χ1v) is 8.79. The first kappa shape index (κ1) is 16.0. The van der Waals surface area contributed by atoms with Gasteiger partial charge in [0.25, 0.3) is 0 Å². The van der Waals surface area contributed by atoms with Crippen LogP contribution in [0.1, 0.15) is 24.8 Å². The zero-order valence-electron chi connectivity index (χ0n) is 12.9. The average molecular weight is 367 g/mol. The van der Waals surface area contributed by atoms with Crippen LogP contribution in [0.2, 0.25) is 0 Å². The molecule has 3 atom stereocenters. The van der Waals surface area contributed by atoms with E-state index in [1.165, 1.54) is 5.56 Å². The van der Waals surface area contributed by atoms with Gasteiger partial charge in [-0.3, -0.25) is 9.69 Å². The van der Waals surface area contributed by atoms with Crippen LogP contribution in [-0.2, 0) is 9.53 Å². The summed E-state index contributed by atoms with van der Waals surface area (Å²) >= 11 is 3.49. The zero-order valence-corrected chi connectivity index (χ0v) is 14.5. The molecule has 1 saturated heterocycles. The molecule has 3 unspecified atom stereocenters. The number of carbonyl (C=O) groups excluding carboxylic acids is 1. The molecule has 2 fully saturated rings. The Hall–Kier alpha value is -0.910. The molecule has 1 heterocycles. The first-order valence-electron chi connectivity index (χ1n) is 8.00. The van der Waals surface area contributed by atoms with E-state index in [2.05, 4.69) is 45.2 Å². The second kappa shape index (κ2) is 7.11. The Morgan fingerprint density at radius 1 is 1.45 bits per heavy atom. The maximum Gasteiger partial charge on any atom is 0.223 e. The van der Waals surface area contributed by atoms with Crippen LogP contribution < -0.4 is 5.32 Å². The topological polar surface area (TPSA) is 41.6 Å². The summed E-state index contributed by atoms with van der Waals surface area (Å²) in [5.74, 6) is 0.729. The molecule has 1 aromatic rings. The largest absolute Gasteiger partial charge is 0.379 e. The predicted molar refractivity (Wildman–Crippen MR) is 89.9 cm³/mol. The fourth-order valence-electron chi connectivity index (χ4n) is 3.12. The molecule has 4 nitrogen and oxygen atoms in total. The Balaban J connectivity index is 1.45. The summed E-state index contributed by atoms with van der Waals surface area (Å²) in [4.78, 5) is 14.7. The van der Waals surface area contributed by atoms with E-state index in [4.69, 9.17) is 4.74 Å². The van der Waals surface area contributed by atoms with Crippen LogP contribution in [0.3, 0.4) is 0 Å². The summed E-state index contributed by atoms with van der Waals surface area (Å²) in [6, 6.07) is 8.65. The Morgan fingerprint density at radius 3 is 2.95 bits per heavy atom. The van der Waals surface area contributed by atoms with Gasteiger partial charge in [-0.25, -0.2) is 0 Å². The van der Waals surface area contributed by atoms with Crippen molar-refractivity contribution in [3.05, 3.63) is 34.3 Å². The maximum atomic E-state index is 12.3. The monoisotopic (exact) mass is 366 g/mol. The first-order chi connectivity index (χ1) is 10.6. The number of ether oxygens (including phenoxy) is 1. The lowest BCUT2D eigenvalue weighted by atomic mass is 10.1. The number of benzene rings is 1. The molecule has 1 N–H and O–H groups in total. The van der Waals surface area contributed by atoms with Crippen molar-refractivity contribution < 1.29 is 9.53 Å². The maximum absolute atomic E-state index is 12.3. The van der Waals surface area contributed by atoms with Crippen molar-refractivity contribution in [2.24, 2.45) is 5.92 Å². The number of nitrogens with one attached hydrogen (secondary N) is 1. The summed E-state index contributed by atoms with van der Waals surface area (Å²) in [5.41, 5.74) is 1.26. The van der Waals surface area contributed by atoms with Crippen LogP contribution in [0.25, 0.3) is 0 Å². The van der Waals surface area contributed by atoms with Gasteiger partial charge in [0, 0.05) is 36.1 Å². The van der Waals surface area contributed by atoms with Gasteiger partial charge in [-0.1, -0.05) is 28.1 Å². The summed E-state index contributed by atoms with van der Waals surface area (Å²) in [7, 11) is 0. The van der Waals surface area contributed by atoms with Crippen molar-refractivity contribution in [3.63, 3.8) is 0 Å². The molecule has 2 aliphatic rings. The molecule has 1 aromatic carbocycles. The number of carbonyl (C=O) groups is 1. The molecule has 22 heavy (non-hydrogen) atoms. The fraction of sp³-hybridized carbons (Fsp3) is 0.588. The number of morpholine rings is 1. The number of nitrogens with zero attached hydrogens (tertiary/aromatic N) is 1. The van der Waals surface area contributed by atoms with E-state index in [0.717, 1.165) is 43.7 Å². The van der Waals surface area contributed by atoms with Crippen molar-refractivity contribution in [1.82, 2.24) is 10.2 Å². The molecule has 1 aliphatic carbocycles. The number of amides is 1. The molecule has 120 valence electrons. The highest BCUT2D eigenvalue weighted by molar-refractivity contribution is 9.10. The summed E-state index contributed by atoms with van der Waals surface area (Å²) in [5, 5.41) is 3.12. The van der Waals surface area contributed by atoms with Crippen molar-refractivity contribution in [2.75, 3.05) is 32.8 Å². The molecule has 1 aliphatic heterocycles. The van der Waals surface area contributed by atoms with Gasteiger partial charge in [0.15, 0.2) is 0 Å². The van der Waals surface area contributed by atoms with Crippen LogP contribution in [-0.4, -0.2) is 49.7 Å². The molecule has 5 heteroatoms. The number of hydrogen-bond donors (Lipinski definition) is 1. The SMILES string of the molecule is CC(CNC(=O)C1CC1c1cccc(Br)c1)N1CCOCC1. The van der Waals surface area contributed by atoms with Gasteiger partial charge < -0.3 is 10.1 Å². The van der Waals surface area contributed by atoms with E-state index in [-0.39, 0.29) is 11.8 Å². The van der Waals surface area contributed by atoms with Crippen molar-refractivity contribution in [3.8, 4) is 0 Å². The van der Waals surface area contributed by atoms with Crippen molar-refractivity contribution >= 4 is 21.8 Å². The summed E-state index contributed by atoms with van der Waals surface area (Å²) in [6.45, 7) is 6.41. The van der Waals surface area contributed by atoms with Crippen LogP contribution in [0.5, 0.6) is 0 Å². The molecule has 3 rings (SSSR count). The van der Waals surface area contributed by atoms with E-state index in [1.54, 1.807) is 0 Å². The lowest BCUT2D eigenvalue weighted by molar-refractivity contribution is -0.122. The third-order valence-corrected chi connectivity index (χ3v) is 5.14. The third kappa shape index (κ3) is 3.89. The second-order valence-corrected chi connectivity index (χ2v) is 7.16. The van der Waals surface area contributed by atoms with E-state index in [9.17, 15) is 4.79 Å². The van der Waals surface area contributed by atoms with Gasteiger partial charge in [0.2, 0.25) is 5.91 Å². The van der Waals surface area contributed by atoms with Crippen molar-refractivity contribution in [2.45, 2.75) is 25.3 Å². The van der Waals surface area contributed by atoms with Crippen molar-refractivity contribution in [1.29, 1.82) is 0 Å². The van der Waals surface area contributed by atoms with Gasteiger partial charge in [-0.05, 0) is 37.0 Å². The molecule has 1 amide bonds. The van der Waals surface area contributed by atoms with E-state index >= 15 is 0 Å². The standard InChI is InChI=1S/C17H23BrN2O2/c1-12(20-5-7-22-8-6-20)11-19-17(21)16-10-15(16)13-3-2-4-14(18)9-13/h2-4,9,12,15-16H,5-8,10-11H2,1H3,(H,19,21).